The molecule has 0 spiro atoms. The van der Waals surface area contributed by atoms with E-state index in [1.165, 1.54) is 12.0 Å². The molecular formula is C29H23N7. The second-order valence-electron chi connectivity index (χ2n) is 9.37. The molecule has 4 heterocycles. The third-order valence-corrected chi connectivity index (χ3v) is 7.16. The van der Waals surface area contributed by atoms with Crippen LogP contribution >= 0.6 is 0 Å². The van der Waals surface area contributed by atoms with E-state index in [0.717, 1.165) is 46.4 Å². The van der Waals surface area contributed by atoms with E-state index in [-0.39, 0.29) is 5.54 Å². The van der Waals surface area contributed by atoms with Gasteiger partial charge in [0, 0.05) is 34.6 Å². The number of benzene rings is 2. The van der Waals surface area contributed by atoms with Gasteiger partial charge in [-0.3, -0.25) is 9.38 Å². The predicted octanol–water partition coefficient (Wildman–Crippen LogP) is 5.41. The Kier molecular flexibility index (Phi) is 4.65. The molecule has 1 aliphatic carbocycles. The van der Waals surface area contributed by atoms with Crippen LogP contribution in [0.5, 0.6) is 0 Å². The van der Waals surface area contributed by atoms with Gasteiger partial charge in [0.05, 0.1) is 11.4 Å². The summed E-state index contributed by atoms with van der Waals surface area (Å²) in [5.41, 5.74) is 14.3. The van der Waals surface area contributed by atoms with Crippen LogP contribution in [0.3, 0.4) is 0 Å². The number of nitrogens with two attached hydrogens (primary N) is 1. The quantitative estimate of drug-likeness (QED) is 0.371. The molecule has 0 atom stereocenters. The Labute approximate surface area is 207 Å². The summed E-state index contributed by atoms with van der Waals surface area (Å²) in [6.07, 6.45) is 6.75. The average Bonchev–Trinajstić information content (AvgIpc) is 3.37. The molecule has 0 unspecified atom stereocenters. The summed E-state index contributed by atoms with van der Waals surface area (Å²) < 4.78 is 1.96. The van der Waals surface area contributed by atoms with E-state index < -0.39 is 0 Å². The van der Waals surface area contributed by atoms with Crippen LogP contribution in [0.25, 0.3) is 50.7 Å². The van der Waals surface area contributed by atoms with Gasteiger partial charge in [0.15, 0.2) is 17.1 Å². The third kappa shape index (κ3) is 3.28. The molecule has 7 nitrogen and oxygen atoms in total. The number of aromatic nitrogens is 6. The maximum atomic E-state index is 6.57. The highest BCUT2D eigenvalue weighted by atomic mass is 15.3. The van der Waals surface area contributed by atoms with Crippen molar-refractivity contribution < 1.29 is 0 Å². The van der Waals surface area contributed by atoms with Gasteiger partial charge in [-0.05, 0) is 49.1 Å². The van der Waals surface area contributed by atoms with Crippen LogP contribution in [0.4, 0.5) is 0 Å². The Morgan fingerprint density at radius 3 is 2.14 bits per heavy atom. The number of hydrogen-bond acceptors (Lipinski definition) is 6. The van der Waals surface area contributed by atoms with Crippen molar-refractivity contribution in [3.63, 3.8) is 0 Å². The number of nitrogens with zero attached hydrogens (tertiary/aromatic N) is 6. The van der Waals surface area contributed by atoms with Crippen molar-refractivity contribution in [3.05, 3.63) is 96.8 Å². The highest BCUT2D eigenvalue weighted by Gasteiger charge is 2.34. The second kappa shape index (κ2) is 8.03. The van der Waals surface area contributed by atoms with Crippen molar-refractivity contribution in [2.45, 2.75) is 24.8 Å². The van der Waals surface area contributed by atoms with Crippen LogP contribution in [-0.2, 0) is 5.54 Å². The predicted molar refractivity (Wildman–Crippen MR) is 140 cm³/mol. The fourth-order valence-electron chi connectivity index (χ4n) is 4.98. The summed E-state index contributed by atoms with van der Waals surface area (Å²) in [5.74, 6) is 0.706. The maximum absolute atomic E-state index is 6.57. The number of hydrogen-bond donors (Lipinski definition) is 1. The fourth-order valence-corrected chi connectivity index (χ4v) is 4.98. The minimum absolute atomic E-state index is 0.195. The molecule has 4 aromatic heterocycles. The molecule has 2 aromatic carbocycles. The largest absolute Gasteiger partial charge is 0.321 e. The molecule has 0 bridgehead atoms. The first-order chi connectivity index (χ1) is 17.7. The van der Waals surface area contributed by atoms with E-state index in [9.17, 15) is 0 Å². The number of pyridine rings is 2. The minimum atomic E-state index is -0.195. The molecule has 7 heteroatoms. The molecule has 0 aliphatic heterocycles. The Morgan fingerprint density at radius 1 is 0.694 bits per heavy atom. The van der Waals surface area contributed by atoms with Crippen molar-refractivity contribution >= 4 is 16.8 Å². The van der Waals surface area contributed by atoms with Crippen molar-refractivity contribution in [2.75, 3.05) is 0 Å². The third-order valence-electron chi connectivity index (χ3n) is 7.16. The highest BCUT2D eigenvalue weighted by molar-refractivity contribution is 5.87. The average molecular weight is 470 g/mol. The minimum Gasteiger partial charge on any atom is -0.321 e. The van der Waals surface area contributed by atoms with Gasteiger partial charge < -0.3 is 5.73 Å². The smallest absolute Gasteiger partial charge is 0.170 e. The first-order valence-corrected chi connectivity index (χ1v) is 12.1. The van der Waals surface area contributed by atoms with Gasteiger partial charge in [-0.2, -0.15) is 0 Å². The standard InChI is InChI=1S/C29H23N7/c30-29(15-4-16-29)22-9-7-20(8-10-22)25-26(19-5-2-1-3-6-19)33-28-23(32-25)11-12-24-34-35-27(36(24)28)21-13-17-31-18-14-21/h1-3,5-14,17-18H,4,15-16,30H2. The van der Waals surface area contributed by atoms with Gasteiger partial charge in [-0.1, -0.05) is 54.6 Å². The summed E-state index contributed by atoms with van der Waals surface area (Å²) in [5, 5.41) is 8.84. The van der Waals surface area contributed by atoms with E-state index in [4.69, 9.17) is 15.7 Å². The van der Waals surface area contributed by atoms with Crippen molar-refractivity contribution in [1.82, 2.24) is 29.5 Å². The molecule has 0 amide bonds. The molecule has 7 rings (SSSR count). The highest BCUT2D eigenvalue weighted by Crippen LogP contribution is 2.40. The molecule has 6 aromatic rings. The van der Waals surface area contributed by atoms with Crippen LogP contribution in [0.15, 0.2) is 91.3 Å². The van der Waals surface area contributed by atoms with Crippen LogP contribution in [-0.4, -0.2) is 29.5 Å². The lowest BCUT2D eigenvalue weighted by atomic mass is 9.72. The normalized spacial score (nSPS) is 14.7. The fraction of sp³-hybridized carbons (Fsp3) is 0.138. The van der Waals surface area contributed by atoms with Crippen LogP contribution in [0, 0.1) is 0 Å². The van der Waals surface area contributed by atoms with Gasteiger partial charge in [0.1, 0.15) is 5.52 Å². The topological polar surface area (TPSA) is 94.9 Å². The maximum Gasteiger partial charge on any atom is 0.170 e. The van der Waals surface area contributed by atoms with E-state index in [2.05, 4.69) is 51.6 Å². The van der Waals surface area contributed by atoms with Crippen LogP contribution in [0.2, 0.25) is 0 Å². The van der Waals surface area contributed by atoms with Crippen molar-refractivity contribution in [3.8, 4) is 33.9 Å². The zero-order valence-corrected chi connectivity index (χ0v) is 19.5. The Morgan fingerprint density at radius 2 is 1.42 bits per heavy atom. The van der Waals surface area contributed by atoms with Gasteiger partial charge in [0.2, 0.25) is 0 Å². The zero-order valence-electron chi connectivity index (χ0n) is 19.5. The lowest BCUT2D eigenvalue weighted by Crippen LogP contribution is -2.43. The zero-order chi connectivity index (χ0) is 24.1. The molecule has 174 valence electrons. The molecule has 0 saturated heterocycles. The summed E-state index contributed by atoms with van der Waals surface area (Å²) in [7, 11) is 0. The monoisotopic (exact) mass is 469 g/mol. The summed E-state index contributed by atoms with van der Waals surface area (Å²) >= 11 is 0. The van der Waals surface area contributed by atoms with Crippen LogP contribution in [0.1, 0.15) is 24.8 Å². The van der Waals surface area contributed by atoms with Gasteiger partial charge >= 0.3 is 0 Å². The van der Waals surface area contributed by atoms with Crippen molar-refractivity contribution in [2.24, 2.45) is 5.73 Å². The molecule has 2 N–H and O–H groups in total. The molecule has 1 fully saturated rings. The molecular weight excluding hydrogens is 446 g/mol. The SMILES string of the molecule is NC1(c2ccc(-c3nc4ccc5nnc(-c6ccncc6)n5c4nc3-c3ccccc3)cc2)CCC1. The molecule has 36 heavy (non-hydrogen) atoms. The van der Waals surface area contributed by atoms with E-state index in [1.54, 1.807) is 12.4 Å². The second-order valence-corrected chi connectivity index (χ2v) is 9.37. The molecule has 0 radical (unpaired) electrons. The Hall–Kier alpha value is -4.49. The first kappa shape index (κ1) is 20.8. The van der Waals surface area contributed by atoms with E-state index >= 15 is 0 Å². The lowest BCUT2D eigenvalue weighted by Gasteiger charge is -2.38. The Balaban J connectivity index is 1.47. The van der Waals surface area contributed by atoms with Crippen molar-refractivity contribution in [1.29, 1.82) is 0 Å². The van der Waals surface area contributed by atoms with E-state index in [1.807, 2.05) is 46.9 Å². The summed E-state index contributed by atoms with van der Waals surface area (Å²) in [6.45, 7) is 0. The summed E-state index contributed by atoms with van der Waals surface area (Å²) in [6, 6.07) is 26.4. The lowest BCUT2D eigenvalue weighted by molar-refractivity contribution is 0.253. The molecule has 1 saturated carbocycles. The van der Waals surface area contributed by atoms with Gasteiger partial charge in [-0.15, -0.1) is 10.2 Å². The number of fused-ring (bicyclic) bond motifs is 3. The van der Waals surface area contributed by atoms with Gasteiger partial charge in [-0.25, -0.2) is 9.97 Å². The Bertz CT molecular complexity index is 1700. The van der Waals surface area contributed by atoms with Crippen LogP contribution < -0.4 is 5.73 Å². The van der Waals surface area contributed by atoms with E-state index in [0.29, 0.717) is 17.1 Å². The van der Waals surface area contributed by atoms with Gasteiger partial charge in [0.25, 0.3) is 0 Å². The summed E-state index contributed by atoms with van der Waals surface area (Å²) in [4.78, 5) is 14.5. The molecule has 1 aliphatic rings. The first-order valence-electron chi connectivity index (χ1n) is 12.1. The number of rotatable bonds is 4.